The fraction of sp³-hybridized carbons (Fsp3) is 0.353. The highest BCUT2D eigenvalue weighted by Gasteiger charge is 2.35. The van der Waals surface area contributed by atoms with Crippen LogP contribution in [-0.4, -0.2) is 49.1 Å². The van der Waals surface area contributed by atoms with E-state index in [1.54, 1.807) is 13.1 Å². The van der Waals surface area contributed by atoms with E-state index in [-0.39, 0.29) is 22.5 Å². The van der Waals surface area contributed by atoms with E-state index in [1.165, 1.54) is 19.3 Å². The lowest BCUT2D eigenvalue weighted by Gasteiger charge is -2.28. The van der Waals surface area contributed by atoms with E-state index in [0.717, 1.165) is 6.20 Å². The summed E-state index contributed by atoms with van der Waals surface area (Å²) in [5.41, 5.74) is -0.504. The zero-order valence-electron chi connectivity index (χ0n) is 15.4. The summed E-state index contributed by atoms with van der Waals surface area (Å²) in [6.45, 7) is 1.63. The Bertz CT molecular complexity index is 1050. The summed E-state index contributed by atoms with van der Waals surface area (Å²) in [5.74, 6) is -1.22. The molecule has 0 aromatic carbocycles. The number of hydrogen-bond donors (Lipinski definition) is 3. The van der Waals surface area contributed by atoms with Crippen molar-refractivity contribution in [1.29, 1.82) is 0 Å². The second-order valence-electron chi connectivity index (χ2n) is 6.49. The number of fused-ring (bicyclic) bond motifs is 1. The van der Waals surface area contributed by atoms with Gasteiger partial charge in [-0.1, -0.05) is 6.92 Å². The van der Waals surface area contributed by atoms with Crippen LogP contribution in [0.2, 0.25) is 0 Å². The van der Waals surface area contributed by atoms with E-state index < -0.39 is 30.0 Å². The molecule has 3 rings (SSSR count). The van der Waals surface area contributed by atoms with Gasteiger partial charge in [-0.05, 0) is 19.4 Å². The number of aromatic amines is 1. The SMILES string of the molecule is CC[C@@](C)(Nc1ncnc(-c2c[nH]c3ncc(F)cc23)n1)C(=O)NCC(F)(F)F.[HH].[HH].[HH]. The average molecular weight is 417 g/mol. The van der Waals surface area contributed by atoms with Gasteiger partial charge in [-0.15, -0.1) is 0 Å². The number of pyridine rings is 1. The van der Waals surface area contributed by atoms with Crippen LogP contribution in [0.4, 0.5) is 23.5 Å². The van der Waals surface area contributed by atoms with Crippen LogP contribution in [0.3, 0.4) is 0 Å². The summed E-state index contributed by atoms with van der Waals surface area (Å²) in [5, 5.41) is 5.06. The molecule has 3 N–H and O–H groups in total. The highest BCUT2D eigenvalue weighted by atomic mass is 19.4. The first-order valence-electron chi connectivity index (χ1n) is 8.56. The quantitative estimate of drug-likeness (QED) is 0.530. The topological polar surface area (TPSA) is 108 Å². The second-order valence-corrected chi connectivity index (χ2v) is 6.49. The van der Waals surface area contributed by atoms with Crippen molar-refractivity contribution in [3.8, 4) is 11.4 Å². The standard InChI is InChI=1S/C17H17F4N7O.3H2/c1-3-16(2,14(29)24-7-17(19,20)21)28-15-26-8-25-13(27-15)11-6-23-12-10(11)4-9(18)5-22-12;;;/h4-6,8H,3,7H2,1-2H3,(H,22,23)(H,24,29)(H,25,26,27,28);3*1H/t16-;;;/m1.../s1. The van der Waals surface area contributed by atoms with Gasteiger partial charge in [0.2, 0.25) is 11.9 Å². The lowest BCUT2D eigenvalue weighted by molar-refractivity contribution is -0.140. The molecular formula is C17H23F4N7O. The molecular weight excluding hydrogens is 394 g/mol. The van der Waals surface area contributed by atoms with Crippen molar-refractivity contribution in [2.24, 2.45) is 0 Å². The van der Waals surface area contributed by atoms with E-state index in [4.69, 9.17) is 0 Å². The summed E-state index contributed by atoms with van der Waals surface area (Å²) < 4.78 is 50.7. The highest BCUT2D eigenvalue weighted by molar-refractivity contribution is 5.92. The fourth-order valence-electron chi connectivity index (χ4n) is 2.58. The number of carbonyl (C=O) groups excluding carboxylic acids is 1. The Balaban J connectivity index is 0.00000320. The normalized spacial score (nSPS) is 13.9. The van der Waals surface area contributed by atoms with Gasteiger partial charge >= 0.3 is 6.18 Å². The molecule has 160 valence electrons. The number of rotatable bonds is 6. The third-order valence-electron chi connectivity index (χ3n) is 4.36. The number of amides is 1. The van der Waals surface area contributed by atoms with Gasteiger partial charge in [-0.25, -0.2) is 19.3 Å². The molecule has 1 amide bonds. The summed E-state index contributed by atoms with van der Waals surface area (Å²) in [6.07, 6.45) is -0.566. The number of aromatic nitrogens is 5. The van der Waals surface area contributed by atoms with Gasteiger partial charge in [0.1, 0.15) is 29.9 Å². The Morgan fingerprint density at radius 2 is 2.03 bits per heavy atom. The molecule has 0 spiro atoms. The molecule has 0 aliphatic heterocycles. The number of H-pyrrole nitrogens is 1. The van der Waals surface area contributed by atoms with E-state index in [1.807, 2.05) is 5.32 Å². The molecule has 0 aliphatic carbocycles. The third-order valence-corrected chi connectivity index (χ3v) is 4.36. The van der Waals surface area contributed by atoms with Crippen molar-refractivity contribution in [3.63, 3.8) is 0 Å². The van der Waals surface area contributed by atoms with Gasteiger partial charge in [-0.2, -0.15) is 18.2 Å². The maximum Gasteiger partial charge on any atom is 0.405 e. The van der Waals surface area contributed by atoms with E-state index >= 15 is 0 Å². The average Bonchev–Trinajstić information content (AvgIpc) is 3.08. The number of nitrogens with zero attached hydrogens (tertiary/aromatic N) is 4. The van der Waals surface area contributed by atoms with Crippen LogP contribution < -0.4 is 10.6 Å². The molecule has 8 nitrogen and oxygen atoms in total. The predicted octanol–water partition coefficient (Wildman–Crippen LogP) is 3.55. The van der Waals surface area contributed by atoms with Crippen LogP contribution in [0.1, 0.15) is 24.5 Å². The van der Waals surface area contributed by atoms with E-state index in [9.17, 15) is 22.4 Å². The molecule has 3 heterocycles. The first kappa shape index (κ1) is 20.4. The van der Waals surface area contributed by atoms with Crippen LogP contribution >= 0.6 is 0 Å². The van der Waals surface area contributed by atoms with Crippen molar-refractivity contribution in [3.05, 3.63) is 30.6 Å². The predicted molar refractivity (Wildman–Crippen MR) is 103 cm³/mol. The van der Waals surface area contributed by atoms with E-state index in [0.29, 0.717) is 16.6 Å². The Labute approximate surface area is 166 Å². The lowest BCUT2D eigenvalue weighted by Crippen LogP contribution is -2.52. The van der Waals surface area contributed by atoms with Crippen LogP contribution in [-0.2, 0) is 4.79 Å². The molecule has 0 saturated carbocycles. The number of nitrogens with one attached hydrogen (secondary N) is 3. The molecule has 0 aliphatic rings. The second kappa shape index (κ2) is 7.60. The van der Waals surface area contributed by atoms with Crippen molar-refractivity contribution < 1.29 is 26.6 Å². The smallest absolute Gasteiger partial charge is 0.345 e. The summed E-state index contributed by atoms with van der Waals surface area (Å²) >= 11 is 0. The fourth-order valence-corrected chi connectivity index (χ4v) is 2.58. The Morgan fingerprint density at radius 3 is 2.72 bits per heavy atom. The minimum absolute atomic E-state index is 0. The number of anilines is 1. The summed E-state index contributed by atoms with van der Waals surface area (Å²) in [6, 6.07) is 1.27. The van der Waals surface area contributed by atoms with Crippen molar-refractivity contribution in [2.75, 3.05) is 11.9 Å². The van der Waals surface area contributed by atoms with Crippen LogP contribution in [0.5, 0.6) is 0 Å². The van der Waals surface area contributed by atoms with Gasteiger partial charge in [-0.3, -0.25) is 4.79 Å². The third kappa shape index (κ3) is 4.58. The summed E-state index contributed by atoms with van der Waals surface area (Å²) in [4.78, 5) is 31.3. The van der Waals surface area contributed by atoms with Gasteiger partial charge in [0.05, 0.1) is 6.20 Å². The maximum absolute atomic E-state index is 13.5. The van der Waals surface area contributed by atoms with Gasteiger partial charge in [0, 0.05) is 21.4 Å². The van der Waals surface area contributed by atoms with Crippen LogP contribution in [0.15, 0.2) is 24.8 Å². The number of hydrogen-bond acceptors (Lipinski definition) is 6. The zero-order valence-corrected chi connectivity index (χ0v) is 15.4. The van der Waals surface area contributed by atoms with Gasteiger partial charge < -0.3 is 15.6 Å². The molecule has 0 unspecified atom stereocenters. The van der Waals surface area contributed by atoms with Crippen LogP contribution in [0, 0.1) is 5.82 Å². The minimum Gasteiger partial charge on any atom is -0.345 e. The first-order valence-corrected chi connectivity index (χ1v) is 8.56. The molecule has 12 heteroatoms. The van der Waals surface area contributed by atoms with Crippen molar-refractivity contribution >= 4 is 22.9 Å². The Morgan fingerprint density at radius 1 is 1.28 bits per heavy atom. The molecule has 0 bridgehead atoms. The van der Waals surface area contributed by atoms with Crippen molar-refractivity contribution in [1.82, 2.24) is 30.2 Å². The molecule has 29 heavy (non-hydrogen) atoms. The van der Waals surface area contributed by atoms with Gasteiger partial charge in [0.25, 0.3) is 0 Å². The lowest BCUT2D eigenvalue weighted by atomic mass is 9.98. The van der Waals surface area contributed by atoms with Crippen LogP contribution in [0.25, 0.3) is 22.4 Å². The number of alkyl halides is 3. The maximum atomic E-state index is 13.5. The Hall–Kier alpha value is -3.31. The highest BCUT2D eigenvalue weighted by Crippen LogP contribution is 2.26. The Kier molecular flexibility index (Phi) is 5.36. The molecule has 3 aromatic heterocycles. The van der Waals surface area contributed by atoms with Crippen molar-refractivity contribution in [2.45, 2.75) is 32.0 Å². The first-order chi connectivity index (χ1) is 13.6. The van der Waals surface area contributed by atoms with E-state index in [2.05, 4.69) is 30.2 Å². The monoisotopic (exact) mass is 417 g/mol. The minimum atomic E-state index is -4.52. The number of carbonyl (C=O) groups is 1. The molecule has 0 radical (unpaired) electrons. The molecule has 0 saturated heterocycles. The number of halogens is 4. The molecule has 3 aromatic rings. The van der Waals surface area contributed by atoms with Gasteiger partial charge in [0.15, 0.2) is 5.82 Å². The summed E-state index contributed by atoms with van der Waals surface area (Å²) in [7, 11) is 0. The zero-order chi connectivity index (χ0) is 21.2. The molecule has 0 fully saturated rings. The largest absolute Gasteiger partial charge is 0.405 e. The molecule has 1 atom stereocenters.